The van der Waals surface area contributed by atoms with Crippen molar-refractivity contribution in [2.45, 2.75) is 94.7 Å². The third kappa shape index (κ3) is 10.9. The lowest BCUT2D eigenvalue weighted by molar-refractivity contribution is -0.266. The number of halogens is 8. The van der Waals surface area contributed by atoms with Crippen LogP contribution in [0.3, 0.4) is 0 Å². The van der Waals surface area contributed by atoms with E-state index in [-0.39, 0.29) is 57.1 Å². The first kappa shape index (κ1) is 50.9. The standard InChI is InChI=1S/C25H27F4NO4.C23H23F4NO4/c1-5-34-22(31)17-7-6-8-20-18(17)12-16(30-20)13-24(32,25(27,28)29)14-23(2,3)19-11-15(26)9-10-21(19)33-4;1-21(2,17-9-13(24)7-8-19(17)32-3)12-22(31,23(25,26)27)11-14-10-16-15(20(29)30)5-4-6-18(16)28-14/h6-12,30,32H,5,13-14H2,1-4H3;4-10,28,31H,11-12H2,1-3H3,(H,29,30). The number of hydrogen-bond acceptors (Lipinski definition) is 7. The Morgan fingerprint density at radius 2 is 1.00 bits per heavy atom. The second-order valence-corrected chi connectivity index (χ2v) is 17.4. The Morgan fingerprint density at radius 1 is 0.606 bits per heavy atom. The number of aliphatic hydroxyl groups is 2. The number of fused-ring (bicyclic) bond motifs is 2. The highest BCUT2D eigenvalue weighted by atomic mass is 19.4. The van der Waals surface area contributed by atoms with Gasteiger partial charge in [0.05, 0.1) is 32.0 Å². The zero-order valence-electron chi connectivity index (χ0n) is 37.0. The molecule has 4 aromatic carbocycles. The molecule has 0 spiro atoms. The van der Waals surface area contributed by atoms with Crippen molar-refractivity contribution < 1.29 is 74.2 Å². The minimum absolute atomic E-state index is 0.0236. The minimum Gasteiger partial charge on any atom is -0.496 e. The van der Waals surface area contributed by atoms with Gasteiger partial charge >= 0.3 is 24.3 Å². The Morgan fingerprint density at radius 3 is 1.36 bits per heavy atom. The second kappa shape index (κ2) is 19.0. The van der Waals surface area contributed by atoms with Crippen molar-refractivity contribution in [2.24, 2.45) is 0 Å². The summed E-state index contributed by atoms with van der Waals surface area (Å²) in [7, 11) is 2.67. The molecule has 0 fully saturated rings. The molecule has 2 heterocycles. The van der Waals surface area contributed by atoms with Crippen LogP contribution in [0.15, 0.2) is 84.9 Å². The van der Waals surface area contributed by atoms with E-state index in [0.717, 1.165) is 24.3 Å². The molecule has 0 saturated carbocycles. The van der Waals surface area contributed by atoms with Crippen molar-refractivity contribution in [3.8, 4) is 11.5 Å². The first-order chi connectivity index (χ1) is 30.6. The molecule has 356 valence electrons. The maximum absolute atomic E-state index is 14.2. The molecule has 6 rings (SSSR count). The second-order valence-electron chi connectivity index (χ2n) is 17.4. The molecule has 2 aromatic heterocycles. The molecule has 0 amide bonds. The van der Waals surface area contributed by atoms with E-state index < -0.39 is 83.6 Å². The van der Waals surface area contributed by atoms with E-state index in [9.17, 15) is 60.0 Å². The maximum atomic E-state index is 14.2. The molecule has 2 atom stereocenters. The monoisotopic (exact) mass is 934 g/mol. The third-order valence-electron chi connectivity index (χ3n) is 11.4. The number of esters is 1. The summed E-state index contributed by atoms with van der Waals surface area (Å²) in [5, 5.41) is 31.7. The highest BCUT2D eigenvalue weighted by Crippen LogP contribution is 2.47. The van der Waals surface area contributed by atoms with E-state index in [1.54, 1.807) is 25.1 Å². The lowest BCUT2D eigenvalue weighted by atomic mass is 9.73. The Hall–Kier alpha value is -6.14. The van der Waals surface area contributed by atoms with Crippen LogP contribution in [0.4, 0.5) is 35.1 Å². The number of carbonyl (C=O) groups excluding carboxylic acids is 1. The lowest BCUT2D eigenvalue weighted by Crippen LogP contribution is -2.51. The van der Waals surface area contributed by atoms with Gasteiger partial charge in [-0.3, -0.25) is 0 Å². The molecule has 6 aromatic rings. The van der Waals surface area contributed by atoms with E-state index in [1.807, 2.05) is 0 Å². The summed E-state index contributed by atoms with van der Waals surface area (Å²) in [4.78, 5) is 29.3. The van der Waals surface area contributed by atoms with Gasteiger partial charge < -0.3 is 39.5 Å². The van der Waals surface area contributed by atoms with Gasteiger partial charge in [0.15, 0.2) is 11.2 Å². The summed E-state index contributed by atoms with van der Waals surface area (Å²) in [6, 6.07) is 19.0. The van der Waals surface area contributed by atoms with Gasteiger partial charge in [-0.1, -0.05) is 39.8 Å². The molecule has 0 radical (unpaired) electrons. The van der Waals surface area contributed by atoms with E-state index in [1.165, 1.54) is 84.4 Å². The number of H-pyrrole nitrogens is 2. The number of carboxylic acids is 1. The third-order valence-corrected chi connectivity index (χ3v) is 11.4. The fourth-order valence-electron chi connectivity index (χ4n) is 8.42. The van der Waals surface area contributed by atoms with Gasteiger partial charge in [-0.05, 0) is 103 Å². The van der Waals surface area contributed by atoms with E-state index in [2.05, 4.69) is 9.97 Å². The van der Waals surface area contributed by atoms with Gasteiger partial charge in [-0.2, -0.15) is 26.3 Å². The van der Waals surface area contributed by atoms with Gasteiger partial charge in [-0.25, -0.2) is 18.4 Å². The number of aromatic nitrogens is 2. The normalized spacial score (nSPS) is 14.3. The van der Waals surface area contributed by atoms with Crippen LogP contribution in [0, 0.1) is 11.6 Å². The number of rotatable bonds is 15. The van der Waals surface area contributed by atoms with Crippen LogP contribution in [0.5, 0.6) is 11.5 Å². The van der Waals surface area contributed by atoms with Crippen molar-refractivity contribution in [3.05, 3.63) is 130 Å². The summed E-state index contributed by atoms with van der Waals surface area (Å²) < 4.78 is 128. The molecular weight excluding hydrogens is 885 g/mol. The summed E-state index contributed by atoms with van der Waals surface area (Å²) in [5.74, 6) is -2.64. The van der Waals surface area contributed by atoms with Crippen molar-refractivity contribution in [2.75, 3.05) is 20.8 Å². The van der Waals surface area contributed by atoms with E-state index in [4.69, 9.17) is 14.2 Å². The van der Waals surface area contributed by atoms with Crippen LogP contribution in [0.25, 0.3) is 21.8 Å². The van der Waals surface area contributed by atoms with Crippen LogP contribution in [0.1, 0.15) is 90.7 Å². The molecule has 66 heavy (non-hydrogen) atoms. The Balaban J connectivity index is 0.000000248. The fraction of sp³-hybridized carbons (Fsp3) is 0.375. The maximum Gasteiger partial charge on any atom is 0.417 e. The fourth-order valence-corrected chi connectivity index (χ4v) is 8.42. The summed E-state index contributed by atoms with van der Waals surface area (Å²) in [5.41, 5.74) is -7.53. The van der Waals surface area contributed by atoms with Crippen molar-refractivity contribution in [1.82, 2.24) is 9.97 Å². The van der Waals surface area contributed by atoms with Gasteiger partial charge in [0.1, 0.15) is 23.1 Å². The van der Waals surface area contributed by atoms with Gasteiger partial charge in [-0.15, -0.1) is 0 Å². The molecule has 0 aliphatic rings. The number of carboxylic acid groups (broad SMARTS) is 1. The van der Waals surface area contributed by atoms with Crippen LogP contribution in [-0.2, 0) is 28.4 Å². The van der Waals surface area contributed by atoms with Crippen molar-refractivity contribution in [1.29, 1.82) is 0 Å². The molecule has 18 heteroatoms. The SMILES string of the molecule is CCOC(=O)c1cccc2[nH]c(CC(O)(CC(C)(C)c3cc(F)ccc3OC)C(F)(F)F)cc12.COc1ccc(F)cc1C(C)(C)CC(O)(Cc1cc2c(C(=O)O)cccc2[nH]1)C(F)(F)F. The average Bonchev–Trinajstić information content (AvgIpc) is 3.82. The smallest absolute Gasteiger partial charge is 0.417 e. The zero-order valence-corrected chi connectivity index (χ0v) is 37.0. The first-order valence-electron chi connectivity index (χ1n) is 20.5. The summed E-state index contributed by atoms with van der Waals surface area (Å²) in [6.07, 6.45) is -13.2. The number of aromatic amines is 2. The number of methoxy groups -OCH3 is 2. The van der Waals surface area contributed by atoms with Gasteiger partial charge in [0.25, 0.3) is 0 Å². The molecule has 0 aliphatic carbocycles. The number of hydrogen-bond donors (Lipinski definition) is 5. The predicted molar refractivity (Wildman–Crippen MR) is 230 cm³/mol. The average molecular weight is 935 g/mol. The Bertz CT molecular complexity index is 2700. The number of benzene rings is 4. The molecule has 0 bridgehead atoms. The number of carbonyl (C=O) groups is 2. The molecule has 5 N–H and O–H groups in total. The van der Waals surface area contributed by atoms with Crippen LogP contribution < -0.4 is 9.47 Å². The van der Waals surface area contributed by atoms with Crippen LogP contribution in [-0.4, -0.2) is 81.6 Å². The Labute approximate surface area is 374 Å². The first-order valence-corrected chi connectivity index (χ1v) is 20.5. The Kier molecular flexibility index (Phi) is 14.6. The zero-order chi connectivity index (χ0) is 49.2. The molecule has 0 aliphatic heterocycles. The number of nitrogens with one attached hydrogen (secondary N) is 2. The van der Waals surface area contributed by atoms with Crippen molar-refractivity contribution >= 4 is 33.7 Å². The number of alkyl halides is 6. The lowest BCUT2D eigenvalue weighted by Gasteiger charge is -2.38. The molecule has 2 unspecified atom stereocenters. The topological polar surface area (TPSA) is 154 Å². The van der Waals surface area contributed by atoms with Gasteiger partial charge in [0, 0.05) is 57.2 Å². The highest BCUT2D eigenvalue weighted by molar-refractivity contribution is 6.04. The number of ether oxygens (including phenoxy) is 3. The molecule has 0 saturated heterocycles. The largest absolute Gasteiger partial charge is 0.496 e. The molecular formula is C48H50F8N2O8. The quantitative estimate of drug-likeness (QED) is 0.0504. The van der Waals surface area contributed by atoms with E-state index >= 15 is 0 Å². The minimum atomic E-state index is -5.02. The van der Waals surface area contributed by atoms with Crippen LogP contribution in [0.2, 0.25) is 0 Å². The van der Waals surface area contributed by atoms with Crippen molar-refractivity contribution in [3.63, 3.8) is 0 Å². The molecule has 10 nitrogen and oxygen atoms in total. The summed E-state index contributed by atoms with van der Waals surface area (Å²) in [6.45, 7) is 7.72. The highest BCUT2D eigenvalue weighted by Gasteiger charge is 2.57. The van der Waals surface area contributed by atoms with Gasteiger partial charge in [0.2, 0.25) is 0 Å². The van der Waals surface area contributed by atoms with Crippen LogP contribution >= 0.6 is 0 Å². The predicted octanol–water partition coefficient (Wildman–Crippen LogP) is 10.9. The van der Waals surface area contributed by atoms with E-state index in [0.29, 0.717) is 16.4 Å². The summed E-state index contributed by atoms with van der Waals surface area (Å²) >= 11 is 0. The number of aromatic carboxylic acids is 1.